The van der Waals surface area contributed by atoms with E-state index in [1.807, 2.05) is 22.6 Å². The van der Waals surface area contributed by atoms with Gasteiger partial charge in [-0.2, -0.15) is 0 Å². The summed E-state index contributed by atoms with van der Waals surface area (Å²) in [4.78, 5) is 22.6. The fraction of sp³-hybridized carbons (Fsp3) is 0.500. The monoisotopic (exact) mass is 404 g/mol. The Hall–Kier alpha value is -1.22. The molecule has 0 saturated heterocycles. The molecule has 114 valence electrons. The Morgan fingerprint density at radius 1 is 1.33 bits per heavy atom. The van der Waals surface area contributed by atoms with Crippen molar-refractivity contribution < 1.29 is 14.8 Å². The van der Waals surface area contributed by atoms with Crippen LogP contribution in [-0.2, 0) is 0 Å². The van der Waals surface area contributed by atoms with Gasteiger partial charge in [0.15, 0.2) is 0 Å². The van der Waals surface area contributed by atoms with E-state index in [1.54, 1.807) is 6.07 Å². The van der Waals surface area contributed by atoms with Gasteiger partial charge in [-0.15, -0.1) is 0 Å². The van der Waals surface area contributed by atoms with Gasteiger partial charge in [-0.05, 0) is 41.5 Å². The molecule has 1 saturated carbocycles. The molecule has 1 amide bonds. The normalized spacial score (nSPS) is 22.4. The van der Waals surface area contributed by atoms with Crippen LogP contribution in [0.2, 0.25) is 0 Å². The molecule has 1 aromatic rings. The van der Waals surface area contributed by atoms with Crippen LogP contribution in [0.3, 0.4) is 0 Å². The van der Waals surface area contributed by atoms with E-state index in [9.17, 15) is 20.0 Å². The van der Waals surface area contributed by atoms with Crippen molar-refractivity contribution in [2.24, 2.45) is 0 Å². The number of aliphatic hydroxyl groups excluding tert-OH is 1. The van der Waals surface area contributed by atoms with E-state index in [-0.39, 0.29) is 23.2 Å². The second-order valence-electron chi connectivity index (χ2n) is 5.21. The molecule has 1 aliphatic rings. The van der Waals surface area contributed by atoms with E-state index in [2.05, 4.69) is 5.32 Å². The molecular formula is C14H17IN2O4. The minimum absolute atomic E-state index is 0.109. The van der Waals surface area contributed by atoms with Gasteiger partial charge in [0.25, 0.3) is 11.6 Å². The molecule has 0 aromatic heterocycles. The lowest BCUT2D eigenvalue weighted by Crippen LogP contribution is -2.42. The molecule has 21 heavy (non-hydrogen) atoms. The number of carbonyl (C=O) groups excluding carboxylic acids is 1. The van der Waals surface area contributed by atoms with Crippen molar-refractivity contribution in [1.82, 2.24) is 5.32 Å². The first kappa shape index (κ1) is 16.2. The standard InChI is InChI=1S/C14H17IN2O4/c15-11-7-6-9(17(20)21)8-10(11)14(19)16-12-4-2-1-3-5-13(12)18/h6-8,12-13,18H,1-5H2,(H,16,19). The van der Waals surface area contributed by atoms with Crippen molar-refractivity contribution >= 4 is 34.2 Å². The first-order chi connectivity index (χ1) is 9.99. The average molecular weight is 404 g/mol. The number of nitrogens with one attached hydrogen (secondary N) is 1. The van der Waals surface area contributed by atoms with E-state index in [1.165, 1.54) is 12.1 Å². The highest BCUT2D eigenvalue weighted by molar-refractivity contribution is 14.1. The van der Waals surface area contributed by atoms with Gasteiger partial charge >= 0.3 is 0 Å². The van der Waals surface area contributed by atoms with Gasteiger partial charge in [0.2, 0.25) is 0 Å². The third kappa shape index (κ3) is 4.13. The Balaban J connectivity index is 2.15. The first-order valence-electron chi connectivity index (χ1n) is 6.92. The van der Waals surface area contributed by atoms with Crippen molar-refractivity contribution in [3.63, 3.8) is 0 Å². The Morgan fingerprint density at radius 2 is 2.05 bits per heavy atom. The number of halogens is 1. The van der Waals surface area contributed by atoms with Crippen LogP contribution in [0.4, 0.5) is 5.69 Å². The highest BCUT2D eigenvalue weighted by Gasteiger charge is 2.25. The lowest BCUT2D eigenvalue weighted by Gasteiger charge is -2.22. The zero-order valence-electron chi connectivity index (χ0n) is 11.4. The summed E-state index contributed by atoms with van der Waals surface area (Å²) >= 11 is 1.98. The summed E-state index contributed by atoms with van der Waals surface area (Å²) in [5.41, 5.74) is 0.170. The van der Waals surface area contributed by atoms with Crippen LogP contribution < -0.4 is 5.32 Å². The maximum Gasteiger partial charge on any atom is 0.270 e. The molecule has 0 spiro atoms. The largest absolute Gasteiger partial charge is 0.391 e. The fourth-order valence-electron chi connectivity index (χ4n) is 2.50. The quantitative estimate of drug-likeness (QED) is 0.351. The summed E-state index contributed by atoms with van der Waals surface area (Å²) < 4.78 is 0.652. The highest BCUT2D eigenvalue weighted by atomic mass is 127. The molecule has 0 heterocycles. The summed E-state index contributed by atoms with van der Waals surface area (Å²) in [7, 11) is 0. The molecule has 7 heteroatoms. The Morgan fingerprint density at radius 3 is 2.76 bits per heavy atom. The van der Waals surface area contributed by atoms with Crippen molar-refractivity contribution in [3.8, 4) is 0 Å². The van der Waals surface area contributed by atoms with Crippen molar-refractivity contribution in [2.45, 2.75) is 44.2 Å². The van der Waals surface area contributed by atoms with Crippen LogP contribution in [0.5, 0.6) is 0 Å². The molecule has 2 rings (SSSR count). The maximum atomic E-state index is 12.3. The Labute approximate surface area is 136 Å². The third-order valence-corrected chi connectivity index (χ3v) is 4.64. The zero-order valence-corrected chi connectivity index (χ0v) is 13.6. The summed E-state index contributed by atoms with van der Waals surface area (Å²) in [6.45, 7) is 0. The van der Waals surface area contributed by atoms with E-state index < -0.39 is 11.0 Å². The van der Waals surface area contributed by atoms with Crippen LogP contribution in [0.15, 0.2) is 18.2 Å². The Bertz CT molecular complexity index is 550. The van der Waals surface area contributed by atoms with Gasteiger partial charge in [0, 0.05) is 15.7 Å². The molecule has 2 N–H and O–H groups in total. The van der Waals surface area contributed by atoms with Crippen molar-refractivity contribution in [1.29, 1.82) is 0 Å². The molecule has 0 radical (unpaired) electrons. The lowest BCUT2D eigenvalue weighted by atomic mass is 10.1. The van der Waals surface area contributed by atoms with Gasteiger partial charge in [-0.3, -0.25) is 14.9 Å². The number of non-ortho nitro benzene ring substituents is 1. The predicted octanol–water partition coefficient (Wildman–Crippen LogP) is 2.62. The molecule has 1 aliphatic carbocycles. The van der Waals surface area contributed by atoms with Crippen LogP contribution in [0, 0.1) is 13.7 Å². The molecule has 2 atom stereocenters. The number of rotatable bonds is 3. The molecule has 0 bridgehead atoms. The van der Waals surface area contributed by atoms with Gasteiger partial charge in [0.1, 0.15) is 0 Å². The number of aliphatic hydroxyl groups is 1. The number of hydrogen-bond acceptors (Lipinski definition) is 4. The minimum atomic E-state index is -0.548. The van der Waals surface area contributed by atoms with Gasteiger partial charge in [-0.25, -0.2) is 0 Å². The van der Waals surface area contributed by atoms with Crippen LogP contribution in [0.1, 0.15) is 42.5 Å². The number of amides is 1. The third-order valence-electron chi connectivity index (χ3n) is 3.70. The summed E-state index contributed by atoms with van der Waals surface area (Å²) in [6, 6.07) is 3.92. The molecule has 2 unspecified atom stereocenters. The topological polar surface area (TPSA) is 92.5 Å². The number of nitrogens with zero attached hydrogens (tertiary/aromatic N) is 1. The Kier molecular flexibility index (Phi) is 5.51. The van der Waals surface area contributed by atoms with Crippen LogP contribution in [0.25, 0.3) is 0 Å². The molecule has 6 nitrogen and oxygen atoms in total. The average Bonchev–Trinajstić information content (AvgIpc) is 2.64. The second kappa shape index (κ2) is 7.17. The van der Waals surface area contributed by atoms with E-state index in [0.717, 1.165) is 25.7 Å². The van der Waals surface area contributed by atoms with E-state index in [0.29, 0.717) is 9.99 Å². The first-order valence-corrected chi connectivity index (χ1v) is 8.00. The molecule has 0 aliphatic heterocycles. The fourth-order valence-corrected chi connectivity index (χ4v) is 3.08. The number of nitro benzene ring substituents is 1. The van der Waals surface area contributed by atoms with Crippen LogP contribution in [-0.4, -0.2) is 28.1 Å². The summed E-state index contributed by atoms with van der Waals surface area (Å²) in [6.07, 6.45) is 3.84. The molecular weight excluding hydrogens is 387 g/mol. The predicted molar refractivity (Wildman–Crippen MR) is 86.2 cm³/mol. The van der Waals surface area contributed by atoms with E-state index in [4.69, 9.17) is 0 Å². The van der Waals surface area contributed by atoms with Gasteiger partial charge < -0.3 is 10.4 Å². The van der Waals surface area contributed by atoms with Crippen LogP contribution >= 0.6 is 22.6 Å². The number of carbonyl (C=O) groups is 1. The smallest absolute Gasteiger partial charge is 0.270 e. The number of benzene rings is 1. The number of hydrogen-bond donors (Lipinski definition) is 2. The van der Waals surface area contributed by atoms with Crippen molar-refractivity contribution in [2.75, 3.05) is 0 Å². The zero-order chi connectivity index (χ0) is 15.4. The summed E-state index contributed by atoms with van der Waals surface area (Å²) in [5.74, 6) is -0.367. The summed E-state index contributed by atoms with van der Waals surface area (Å²) in [5, 5.41) is 23.7. The highest BCUT2D eigenvalue weighted by Crippen LogP contribution is 2.22. The van der Waals surface area contributed by atoms with Gasteiger partial charge in [0.05, 0.1) is 22.6 Å². The van der Waals surface area contributed by atoms with Crippen molar-refractivity contribution in [3.05, 3.63) is 37.4 Å². The molecule has 1 aromatic carbocycles. The minimum Gasteiger partial charge on any atom is -0.391 e. The second-order valence-corrected chi connectivity index (χ2v) is 6.37. The SMILES string of the molecule is O=C(NC1CCCCCC1O)c1cc([N+](=O)[O-])ccc1I. The maximum absolute atomic E-state index is 12.3. The van der Waals surface area contributed by atoms with E-state index >= 15 is 0 Å². The molecule has 1 fully saturated rings. The lowest BCUT2D eigenvalue weighted by molar-refractivity contribution is -0.384. The van der Waals surface area contributed by atoms with Gasteiger partial charge in [-0.1, -0.05) is 19.3 Å². The number of nitro groups is 1.